The summed E-state index contributed by atoms with van der Waals surface area (Å²) >= 11 is 3.16. The Morgan fingerprint density at radius 1 is 1.17 bits per heavy atom. The van der Waals surface area contributed by atoms with Crippen LogP contribution in [0.1, 0.15) is 12.5 Å². The quantitative estimate of drug-likeness (QED) is 0.843. The third-order valence-electron chi connectivity index (χ3n) is 2.96. The van der Waals surface area contributed by atoms with Crippen LogP contribution in [-0.2, 0) is 11.3 Å². The summed E-state index contributed by atoms with van der Waals surface area (Å²) in [6.07, 6.45) is -0.920. The number of halogens is 4. The van der Waals surface area contributed by atoms with E-state index in [4.69, 9.17) is 4.74 Å². The molecule has 2 aromatic rings. The van der Waals surface area contributed by atoms with Gasteiger partial charge in [-0.2, -0.15) is 0 Å². The molecular formula is C16H13BrF3NO2. The number of carbonyl (C=O) groups excluding carboxylic acids is 1. The summed E-state index contributed by atoms with van der Waals surface area (Å²) in [6, 6.07) is 7.28. The van der Waals surface area contributed by atoms with Gasteiger partial charge in [0.05, 0.1) is 0 Å². The standard InChI is InChI=1S/C16H13BrF3NO2/c1-9(23-13-2-3-14(19)15(20)7-13)16(22)21-8-10-4-11(17)6-12(18)5-10/h2-7,9H,8H2,1H3,(H,21,22). The molecule has 122 valence electrons. The molecule has 0 heterocycles. The monoisotopic (exact) mass is 387 g/mol. The Morgan fingerprint density at radius 3 is 2.57 bits per heavy atom. The van der Waals surface area contributed by atoms with Gasteiger partial charge in [0.15, 0.2) is 17.7 Å². The van der Waals surface area contributed by atoms with E-state index in [0.29, 0.717) is 10.0 Å². The molecule has 23 heavy (non-hydrogen) atoms. The molecule has 1 unspecified atom stereocenters. The van der Waals surface area contributed by atoms with Crippen molar-refractivity contribution in [3.8, 4) is 5.75 Å². The van der Waals surface area contributed by atoms with Crippen LogP contribution in [-0.4, -0.2) is 12.0 Å². The van der Waals surface area contributed by atoms with E-state index in [1.807, 2.05) is 0 Å². The van der Waals surface area contributed by atoms with Crippen LogP contribution in [0, 0.1) is 17.5 Å². The Morgan fingerprint density at radius 2 is 1.91 bits per heavy atom. The second-order valence-corrected chi connectivity index (χ2v) is 5.75. The van der Waals surface area contributed by atoms with E-state index in [2.05, 4.69) is 21.2 Å². The summed E-state index contributed by atoms with van der Waals surface area (Å²) in [4.78, 5) is 11.9. The van der Waals surface area contributed by atoms with Gasteiger partial charge in [-0.15, -0.1) is 0 Å². The summed E-state index contributed by atoms with van der Waals surface area (Å²) in [6.45, 7) is 1.58. The maximum atomic E-state index is 13.2. The smallest absolute Gasteiger partial charge is 0.261 e. The predicted octanol–water partition coefficient (Wildman–Crippen LogP) is 3.95. The predicted molar refractivity (Wildman–Crippen MR) is 82.4 cm³/mol. The number of carbonyl (C=O) groups is 1. The second-order valence-electron chi connectivity index (χ2n) is 4.83. The third-order valence-corrected chi connectivity index (χ3v) is 3.42. The molecule has 0 saturated carbocycles. The minimum absolute atomic E-state index is 0.0417. The molecule has 2 aromatic carbocycles. The van der Waals surface area contributed by atoms with Crippen LogP contribution in [0.25, 0.3) is 0 Å². The van der Waals surface area contributed by atoms with Crippen molar-refractivity contribution in [1.29, 1.82) is 0 Å². The van der Waals surface area contributed by atoms with E-state index < -0.39 is 29.5 Å². The number of ether oxygens (including phenoxy) is 1. The normalized spacial score (nSPS) is 11.9. The molecule has 0 aromatic heterocycles. The number of hydrogen-bond donors (Lipinski definition) is 1. The van der Waals surface area contributed by atoms with Crippen molar-refractivity contribution in [3.05, 3.63) is 63.9 Å². The number of hydrogen-bond acceptors (Lipinski definition) is 2. The Hall–Kier alpha value is -2.02. The summed E-state index contributed by atoms with van der Waals surface area (Å²) in [5, 5.41) is 2.58. The second kappa shape index (κ2) is 7.50. The summed E-state index contributed by atoms with van der Waals surface area (Å²) in [5.41, 5.74) is 0.574. The van der Waals surface area contributed by atoms with Crippen LogP contribution in [0.2, 0.25) is 0 Å². The number of rotatable bonds is 5. The fourth-order valence-corrected chi connectivity index (χ4v) is 2.37. The Balaban J connectivity index is 1.93. The minimum Gasteiger partial charge on any atom is -0.481 e. The first kappa shape index (κ1) is 17.3. The van der Waals surface area contributed by atoms with Crippen molar-refractivity contribution >= 4 is 21.8 Å². The zero-order valence-corrected chi connectivity index (χ0v) is 13.7. The van der Waals surface area contributed by atoms with E-state index in [1.165, 1.54) is 25.1 Å². The molecule has 2 rings (SSSR count). The maximum Gasteiger partial charge on any atom is 0.261 e. The number of amides is 1. The van der Waals surface area contributed by atoms with Gasteiger partial charge in [-0.1, -0.05) is 15.9 Å². The largest absolute Gasteiger partial charge is 0.481 e. The molecule has 0 aliphatic rings. The highest BCUT2D eigenvalue weighted by Crippen LogP contribution is 2.17. The van der Waals surface area contributed by atoms with Gasteiger partial charge in [0.1, 0.15) is 11.6 Å². The molecule has 7 heteroatoms. The lowest BCUT2D eigenvalue weighted by molar-refractivity contribution is -0.127. The Kier molecular flexibility index (Phi) is 5.65. The van der Waals surface area contributed by atoms with Crippen LogP contribution in [0.3, 0.4) is 0 Å². The lowest BCUT2D eigenvalue weighted by atomic mass is 10.2. The Bertz CT molecular complexity index is 704. The molecule has 0 spiro atoms. The van der Waals surface area contributed by atoms with Gasteiger partial charge >= 0.3 is 0 Å². The zero-order chi connectivity index (χ0) is 17.0. The zero-order valence-electron chi connectivity index (χ0n) is 12.1. The fourth-order valence-electron chi connectivity index (χ4n) is 1.85. The van der Waals surface area contributed by atoms with E-state index in [-0.39, 0.29) is 12.3 Å². The van der Waals surface area contributed by atoms with Gasteiger partial charge < -0.3 is 10.1 Å². The summed E-state index contributed by atoms with van der Waals surface area (Å²) < 4.78 is 44.9. The average molecular weight is 388 g/mol. The molecule has 0 radical (unpaired) electrons. The van der Waals surface area contributed by atoms with Crippen LogP contribution in [0.4, 0.5) is 13.2 Å². The van der Waals surface area contributed by atoms with Crippen molar-refractivity contribution in [2.24, 2.45) is 0 Å². The van der Waals surface area contributed by atoms with Gasteiger partial charge in [0.2, 0.25) is 0 Å². The van der Waals surface area contributed by atoms with Crippen molar-refractivity contribution in [2.75, 3.05) is 0 Å². The molecule has 0 fully saturated rings. The van der Waals surface area contributed by atoms with E-state index in [1.54, 1.807) is 6.07 Å². The first-order valence-electron chi connectivity index (χ1n) is 6.69. The van der Waals surface area contributed by atoms with Gasteiger partial charge in [0.25, 0.3) is 5.91 Å². The van der Waals surface area contributed by atoms with Crippen molar-refractivity contribution in [1.82, 2.24) is 5.32 Å². The Labute approximate surface area is 139 Å². The SMILES string of the molecule is CC(Oc1ccc(F)c(F)c1)C(=O)NCc1cc(F)cc(Br)c1. The molecule has 0 aliphatic carbocycles. The van der Waals surface area contributed by atoms with Crippen LogP contribution in [0.5, 0.6) is 5.75 Å². The van der Waals surface area contributed by atoms with Gasteiger partial charge in [-0.25, -0.2) is 13.2 Å². The first-order valence-corrected chi connectivity index (χ1v) is 7.49. The summed E-state index contributed by atoms with van der Waals surface area (Å²) in [7, 11) is 0. The topological polar surface area (TPSA) is 38.3 Å². The van der Waals surface area contributed by atoms with Gasteiger partial charge in [-0.3, -0.25) is 4.79 Å². The lowest BCUT2D eigenvalue weighted by Crippen LogP contribution is -2.35. The van der Waals surface area contributed by atoms with E-state index in [9.17, 15) is 18.0 Å². The van der Waals surface area contributed by atoms with E-state index >= 15 is 0 Å². The average Bonchev–Trinajstić information content (AvgIpc) is 2.47. The molecule has 1 atom stereocenters. The van der Waals surface area contributed by atoms with Gasteiger partial charge in [-0.05, 0) is 42.8 Å². The highest BCUT2D eigenvalue weighted by Gasteiger charge is 2.15. The van der Waals surface area contributed by atoms with Crippen LogP contribution < -0.4 is 10.1 Å². The van der Waals surface area contributed by atoms with Crippen molar-refractivity contribution in [3.63, 3.8) is 0 Å². The molecule has 1 amide bonds. The molecular weight excluding hydrogens is 375 g/mol. The highest BCUT2D eigenvalue weighted by atomic mass is 79.9. The minimum atomic E-state index is -1.06. The summed E-state index contributed by atoms with van der Waals surface area (Å²) in [5.74, 6) is -2.89. The number of nitrogens with one attached hydrogen (secondary N) is 1. The highest BCUT2D eigenvalue weighted by molar-refractivity contribution is 9.10. The lowest BCUT2D eigenvalue weighted by Gasteiger charge is -2.15. The number of benzene rings is 2. The molecule has 0 saturated heterocycles. The van der Waals surface area contributed by atoms with Gasteiger partial charge in [0, 0.05) is 17.1 Å². The van der Waals surface area contributed by atoms with Crippen LogP contribution in [0.15, 0.2) is 40.9 Å². The van der Waals surface area contributed by atoms with Crippen LogP contribution >= 0.6 is 15.9 Å². The fraction of sp³-hybridized carbons (Fsp3) is 0.188. The molecule has 0 bridgehead atoms. The van der Waals surface area contributed by atoms with E-state index in [0.717, 1.165) is 12.1 Å². The third kappa shape index (κ3) is 4.99. The van der Waals surface area contributed by atoms with Crippen molar-refractivity contribution < 1.29 is 22.7 Å². The molecule has 0 aliphatic heterocycles. The van der Waals surface area contributed by atoms with Crippen molar-refractivity contribution in [2.45, 2.75) is 19.6 Å². The molecule has 1 N–H and O–H groups in total. The molecule has 3 nitrogen and oxygen atoms in total. The maximum absolute atomic E-state index is 13.2. The first-order chi connectivity index (χ1) is 10.8.